The van der Waals surface area contributed by atoms with E-state index in [0.29, 0.717) is 42.5 Å². The van der Waals surface area contributed by atoms with Gasteiger partial charge in [-0.15, -0.1) is 0 Å². The second-order valence-corrected chi connectivity index (χ2v) is 7.71. The zero-order valence-electron chi connectivity index (χ0n) is 15.5. The molecule has 1 amide bonds. The summed E-state index contributed by atoms with van der Waals surface area (Å²) in [4.78, 5) is 34.6. The van der Waals surface area contributed by atoms with Crippen LogP contribution in [0.15, 0.2) is 35.1 Å². The topological polar surface area (TPSA) is 92.1 Å². The van der Waals surface area contributed by atoms with Gasteiger partial charge in [-0.3, -0.25) is 9.59 Å². The molecule has 1 aromatic heterocycles. The normalized spacial score (nSPS) is 18.3. The molecule has 1 fully saturated rings. The van der Waals surface area contributed by atoms with E-state index in [-0.39, 0.29) is 11.5 Å². The van der Waals surface area contributed by atoms with Crippen LogP contribution < -0.4 is 11.3 Å². The molecule has 6 nitrogen and oxygen atoms in total. The van der Waals surface area contributed by atoms with Crippen LogP contribution in [0, 0.1) is 5.92 Å². The number of H-pyrrole nitrogens is 1. The van der Waals surface area contributed by atoms with Gasteiger partial charge in [-0.25, -0.2) is 4.98 Å². The molecule has 0 radical (unpaired) electrons. The molecule has 1 saturated carbocycles. The Kier molecular flexibility index (Phi) is 5.07. The Morgan fingerprint density at radius 3 is 2.74 bits per heavy atom. The number of benzene rings is 1. The van der Waals surface area contributed by atoms with E-state index in [1.54, 1.807) is 4.90 Å². The third-order valence-corrected chi connectivity index (χ3v) is 5.81. The third-order valence-electron chi connectivity index (χ3n) is 5.81. The van der Waals surface area contributed by atoms with Crippen molar-refractivity contribution in [3.05, 3.63) is 51.9 Å². The highest BCUT2D eigenvalue weighted by Gasteiger charge is 2.29. The van der Waals surface area contributed by atoms with Crippen LogP contribution in [-0.4, -0.2) is 33.4 Å². The molecule has 1 aromatic carbocycles. The number of hydrogen-bond acceptors (Lipinski definition) is 4. The van der Waals surface area contributed by atoms with Gasteiger partial charge in [-0.1, -0.05) is 56.0 Å². The molecule has 1 aliphatic carbocycles. The van der Waals surface area contributed by atoms with E-state index in [1.807, 2.05) is 30.3 Å². The lowest BCUT2D eigenvalue weighted by Gasteiger charge is -2.30. The lowest BCUT2D eigenvalue weighted by molar-refractivity contribution is -0.134. The first-order valence-electron chi connectivity index (χ1n) is 9.83. The number of fused-ring (bicyclic) bond motifs is 1. The SMILES string of the molecule is N[C@@H](CC1CCCC1)C(=O)N1CCc2c(nc(-c3ccccc3)[nH]c2=O)C1. The minimum absolute atomic E-state index is 0.0177. The minimum Gasteiger partial charge on any atom is -0.335 e. The minimum atomic E-state index is -0.453. The molecular weight excluding hydrogens is 340 g/mol. The van der Waals surface area contributed by atoms with Crippen LogP contribution in [0.25, 0.3) is 11.4 Å². The Hall–Kier alpha value is -2.47. The van der Waals surface area contributed by atoms with Crippen LogP contribution in [0.2, 0.25) is 0 Å². The van der Waals surface area contributed by atoms with Crippen LogP contribution in [0.1, 0.15) is 43.4 Å². The number of carbonyl (C=O) groups excluding carboxylic acids is 1. The molecule has 2 aromatic rings. The molecule has 2 heterocycles. The van der Waals surface area contributed by atoms with Crippen LogP contribution in [0.3, 0.4) is 0 Å². The maximum absolute atomic E-state index is 12.8. The predicted molar refractivity (Wildman–Crippen MR) is 104 cm³/mol. The lowest BCUT2D eigenvalue weighted by atomic mass is 9.97. The number of amides is 1. The number of hydrogen-bond donors (Lipinski definition) is 2. The van der Waals surface area contributed by atoms with Crippen molar-refractivity contribution in [3.63, 3.8) is 0 Å². The first kappa shape index (κ1) is 17.9. The quantitative estimate of drug-likeness (QED) is 0.868. The highest BCUT2D eigenvalue weighted by atomic mass is 16.2. The average molecular weight is 366 g/mol. The molecule has 1 aliphatic heterocycles. The molecule has 6 heteroatoms. The van der Waals surface area contributed by atoms with E-state index in [2.05, 4.69) is 9.97 Å². The molecule has 142 valence electrons. The first-order chi connectivity index (χ1) is 13.1. The predicted octanol–water partition coefficient (Wildman–Crippen LogP) is 2.23. The zero-order chi connectivity index (χ0) is 18.8. The lowest BCUT2D eigenvalue weighted by Crippen LogP contribution is -2.47. The maximum atomic E-state index is 12.8. The number of aromatic amines is 1. The Bertz CT molecular complexity index is 871. The Balaban J connectivity index is 1.52. The molecule has 0 saturated heterocycles. The van der Waals surface area contributed by atoms with Gasteiger partial charge in [0.15, 0.2) is 0 Å². The van der Waals surface area contributed by atoms with Crippen LogP contribution in [0.5, 0.6) is 0 Å². The molecule has 0 bridgehead atoms. The van der Waals surface area contributed by atoms with E-state index < -0.39 is 6.04 Å². The average Bonchev–Trinajstić information content (AvgIpc) is 3.20. The van der Waals surface area contributed by atoms with Crippen molar-refractivity contribution in [1.29, 1.82) is 0 Å². The Morgan fingerprint density at radius 1 is 1.26 bits per heavy atom. The number of carbonyl (C=O) groups is 1. The monoisotopic (exact) mass is 366 g/mol. The first-order valence-corrected chi connectivity index (χ1v) is 9.83. The number of rotatable bonds is 4. The molecule has 1 atom stereocenters. The standard InChI is InChI=1S/C21H26N4O2/c22-17(12-14-6-4-5-7-14)21(27)25-11-10-16-18(13-25)23-19(24-20(16)26)15-8-2-1-3-9-15/h1-3,8-9,14,17H,4-7,10-13,22H2,(H,23,24,26)/t17-/m0/s1. The summed E-state index contributed by atoms with van der Waals surface area (Å²) < 4.78 is 0. The third kappa shape index (κ3) is 3.81. The molecule has 4 rings (SSSR count). The summed E-state index contributed by atoms with van der Waals surface area (Å²) in [6, 6.07) is 9.11. The summed E-state index contributed by atoms with van der Waals surface area (Å²) in [5.41, 5.74) is 8.34. The van der Waals surface area contributed by atoms with E-state index in [1.165, 1.54) is 25.7 Å². The van der Waals surface area contributed by atoms with Gasteiger partial charge in [0, 0.05) is 17.7 Å². The van der Waals surface area contributed by atoms with Gasteiger partial charge in [0.25, 0.3) is 5.56 Å². The summed E-state index contributed by atoms with van der Waals surface area (Å²) >= 11 is 0. The molecule has 2 aliphatic rings. The van der Waals surface area contributed by atoms with Crippen LogP contribution >= 0.6 is 0 Å². The fourth-order valence-electron chi connectivity index (χ4n) is 4.30. The molecular formula is C21H26N4O2. The second-order valence-electron chi connectivity index (χ2n) is 7.71. The number of aromatic nitrogens is 2. The largest absolute Gasteiger partial charge is 0.335 e. The molecule has 3 N–H and O–H groups in total. The van der Waals surface area contributed by atoms with Crippen molar-refractivity contribution >= 4 is 5.91 Å². The second kappa shape index (κ2) is 7.64. The number of nitrogens with two attached hydrogens (primary N) is 1. The van der Waals surface area contributed by atoms with Crippen LogP contribution in [-0.2, 0) is 17.8 Å². The number of nitrogens with one attached hydrogen (secondary N) is 1. The van der Waals surface area contributed by atoms with Crippen molar-refractivity contribution in [1.82, 2.24) is 14.9 Å². The van der Waals surface area contributed by atoms with Gasteiger partial charge in [-0.2, -0.15) is 0 Å². The van der Waals surface area contributed by atoms with Crippen LogP contribution in [0.4, 0.5) is 0 Å². The highest BCUT2D eigenvalue weighted by molar-refractivity contribution is 5.81. The fraction of sp³-hybridized carbons (Fsp3) is 0.476. The Morgan fingerprint density at radius 2 is 2.00 bits per heavy atom. The molecule has 0 spiro atoms. The summed E-state index contributed by atoms with van der Waals surface area (Å²) in [6.45, 7) is 0.885. The van der Waals surface area contributed by atoms with Gasteiger partial charge in [0.2, 0.25) is 5.91 Å². The van der Waals surface area contributed by atoms with Gasteiger partial charge in [-0.05, 0) is 18.8 Å². The highest BCUT2D eigenvalue weighted by Crippen LogP contribution is 2.29. The van der Waals surface area contributed by atoms with Crippen molar-refractivity contribution in [3.8, 4) is 11.4 Å². The smallest absolute Gasteiger partial charge is 0.254 e. The van der Waals surface area contributed by atoms with E-state index in [0.717, 1.165) is 12.0 Å². The fourth-order valence-corrected chi connectivity index (χ4v) is 4.30. The molecule has 27 heavy (non-hydrogen) atoms. The summed E-state index contributed by atoms with van der Waals surface area (Å²) in [5.74, 6) is 1.10. The van der Waals surface area contributed by atoms with Gasteiger partial charge in [0.05, 0.1) is 18.3 Å². The molecule has 0 unspecified atom stereocenters. The van der Waals surface area contributed by atoms with Crippen molar-refractivity contribution < 1.29 is 4.79 Å². The summed E-state index contributed by atoms with van der Waals surface area (Å²) in [5, 5.41) is 0. The van der Waals surface area contributed by atoms with Gasteiger partial charge >= 0.3 is 0 Å². The van der Waals surface area contributed by atoms with Crippen molar-refractivity contribution in [2.75, 3.05) is 6.54 Å². The van der Waals surface area contributed by atoms with Crippen molar-refractivity contribution in [2.24, 2.45) is 11.7 Å². The van der Waals surface area contributed by atoms with Crippen molar-refractivity contribution in [2.45, 2.75) is 51.1 Å². The van der Waals surface area contributed by atoms with E-state index in [4.69, 9.17) is 5.73 Å². The van der Waals surface area contributed by atoms with Gasteiger partial charge in [0.1, 0.15) is 5.82 Å². The maximum Gasteiger partial charge on any atom is 0.254 e. The number of nitrogens with zero attached hydrogens (tertiary/aromatic N) is 2. The zero-order valence-corrected chi connectivity index (χ0v) is 15.5. The summed E-state index contributed by atoms with van der Waals surface area (Å²) in [7, 11) is 0. The Labute approximate surface area is 158 Å². The van der Waals surface area contributed by atoms with Gasteiger partial charge < -0.3 is 15.6 Å². The summed E-state index contributed by atoms with van der Waals surface area (Å²) in [6.07, 6.45) is 6.15. The van der Waals surface area contributed by atoms with E-state index in [9.17, 15) is 9.59 Å². The van der Waals surface area contributed by atoms with E-state index >= 15 is 0 Å².